The van der Waals surface area contributed by atoms with Crippen molar-refractivity contribution >= 4 is 45.2 Å². The molecule has 3 rings (SSSR count). The minimum absolute atomic E-state index is 0.904. The van der Waals surface area contributed by atoms with Crippen LogP contribution in [-0.4, -0.2) is 1.93 Å². The Kier molecular flexibility index (Phi) is 1.77. The quantitative estimate of drug-likeness (QED) is 0.487. The molecule has 0 aromatic carbocycles. The van der Waals surface area contributed by atoms with Gasteiger partial charge in [0.1, 0.15) is 0 Å². The van der Waals surface area contributed by atoms with E-state index in [1.807, 2.05) is 0 Å². The van der Waals surface area contributed by atoms with Crippen molar-refractivity contribution in [2.75, 3.05) is 0 Å². The first-order chi connectivity index (χ1) is 5.27. The fourth-order valence-corrected chi connectivity index (χ4v) is 5.34. The van der Waals surface area contributed by atoms with E-state index in [0.717, 1.165) is 13.8 Å². The largest absolute Gasteiger partial charge is 0.0707 e. The van der Waals surface area contributed by atoms with Gasteiger partial charge < -0.3 is 0 Å². The summed E-state index contributed by atoms with van der Waals surface area (Å²) < 4.78 is 0.904. The smallest absolute Gasteiger partial charge is 0.0657 e. The molecule has 3 saturated carbocycles. The van der Waals surface area contributed by atoms with Crippen LogP contribution in [0.3, 0.4) is 0 Å². The van der Waals surface area contributed by atoms with Crippen molar-refractivity contribution in [1.29, 1.82) is 0 Å². The third-order valence-corrected chi connectivity index (χ3v) is 6.06. The highest BCUT2D eigenvalue weighted by Gasteiger charge is 2.61. The molecule has 3 aliphatic rings. The Balaban J connectivity index is 1.80. The second-order valence-corrected chi connectivity index (χ2v) is 9.53. The van der Waals surface area contributed by atoms with Gasteiger partial charge in [0.25, 0.3) is 0 Å². The van der Waals surface area contributed by atoms with Gasteiger partial charge in [-0.15, -0.1) is 0 Å². The molecule has 0 amide bonds. The van der Waals surface area contributed by atoms with Crippen LogP contribution >= 0.6 is 45.2 Å². The summed E-state index contributed by atoms with van der Waals surface area (Å²) in [6, 6.07) is 0. The third kappa shape index (κ3) is 0.916. The Labute approximate surface area is 95.2 Å². The lowest BCUT2D eigenvalue weighted by Gasteiger charge is -2.54. The van der Waals surface area contributed by atoms with E-state index >= 15 is 0 Å². The minimum atomic E-state index is 0.904. The van der Waals surface area contributed by atoms with Gasteiger partial charge in [-0.1, -0.05) is 45.2 Å². The molecular formula is C9H12I2. The van der Waals surface area contributed by atoms with Crippen LogP contribution in [0.5, 0.6) is 0 Å². The van der Waals surface area contributed by atoms with E-state index in [2.05, 4.69) is 45.2 Å². The Bertz CT molecular complexity index is 190. The average Bonchev–Trinajstić information content (AvgIpc) is 2.12. The fourth-order valence-electron chi connectivity index (χ4n) is 3.68. The van der Waals surface area contributed by atoms with Crippen LogP contribution < -0.4 is 0 Å². The summed E-state index contributed by atoms with van der Waals surface area (Å²) in [7, 11) is 0. The molecule has 0 N–H and O–H groups in total. The first-order valence-electron chi connectivity index (χ1n) is 4.55. The number of hydrogen-bond acceptors (Lipinski definition) is 0. The van der Waals surface area contributed by atoms with E-state index in [0.29, 0.717) is 0 Å². The van der Waals surface area contributed by atoms with Gasteiger partial charge in [0, 0.05) is 0 Å². The number of halogens is 2. The van der Waals surface area contributed by atoms with E-state index in [-0.39, 0.29) is 0 Å². The maximum Gasteiger partial charge on any atom is 0.0657 e. The van der Waals surface area contributed by atoms with Crippen LogP contribution in [-0.2, 0) is 0 Å². The van der Waals surface area contributed by atoms with Crippen LogP contribution in [0.1, 0.15) is 19.3 Å². The second-order valence-electron chi connectivity index (χ2n) is 4.47. The summed E-state index contributed by atoms with van der Waals surface area (Å²) in [4.78, 5) is 0. The topological polar surface area (TPSA) is 0 Å². The van der Waals surface area contributed by atoms with Gasteiger partial charge in [0.2, 0.25) is 0 Å². The van der Waals surface area contributed by atoms with Crippen LogP contribution in [0.15, 0.2) is 0 Å². The first kappa shape index (κ1) is 7.83. The van der Waals surface area contributed by atoms with E-state index in [1.54, 1.807) is 19.3 Å². The highest BCUT2D eigenvalue weighted by Crippen LogP contribution is 2.69. The predicted octanol–water partition coefficient (Wildman–Crippen LogP) is 3.47. The van der Waals surface area contributed by atoms with Crippen molar-refractivity contribution in [3.05, 3.63) is 0 Å². The van der Waals surface area contributed by atoms with E-state index < -0.39 is 0 Å². The summed E-state index contributed by atoms with van der Waals surface area (Å²) >= 11 is 5.24. The maximum atomic E-state index is 2.62. The second kappa shape index (κ2) is 2.49. The molecule has 0 nitrogen and oxygen atoms in total. The fraction of sp³-hybridized carbons (Fsp3) is 1.00. The summed E-state index contributed by atoms with van der Waals surface area (Å²) in [5, 5.41) is 0. The van der Waals surface area contributed by atoms with Gasteiger partial charge in [-0.25, -0.2) is 0 Å². The molecule has 0 heterocycles. The Morgan fingerprint density at radius 1 is 1.00 bits per heavy atom. The number of alkyl halides is 2. The molecule has 0 aromatic heterocycles. The molecule has 3 aliphatic carbocycles. The van der Waals surface area contributed by atoms with Crippen molar-refractivity contribution in [2.24, 2.45) is 29.6 Å². The lowest BCUT2D eigenvalue weighted by atomic mass is 9.51. The first-order valence-corrected chi connectivity index (χ1v) is 7.04. The molecule has 0 aliphatic heterocycles. The van der Waals surface area contributed by atoms with E-state index in [4.69, 9.17) is 0 Å². The summed E-state index contributed by atoms with van der Waals surface area (Å²) in [6.07, 6.45) is 4.76. The van der Waals surface area contributed by atoms with Gasteiger partial charge in [-0.2, -0.15) is 0 Å². The Morgan fingerprint density at radius 3 is 2.27 bits per heavy atom. The lowest BCUT2D eigenvalue weighted by Crippen LogP contribution is -2.47. The van der Waals surface area contributed by atoms with Crippen molar-refractivity contribution in [3.63, 3.8) is 0 Å². The Hall–Kier alpha value is 1.46. The standard InChI is InChI=1S/C9H12I2/c10-9(11)7-3-5-1-4-2-6(7)8(4)5/h4-9H,1-3H2. The van der Waals surface area contributed by atoms with E-state index in [1.165, 1.54) is 17.8 Å². The molecule has 5 atom stereocenters. The molecule has 3 fully saturated rings. The van der Waals surface area contributed by atoms with Crippen LogP contribution in [0.2, 0.25) is 0 Å². The molecule has 0 bridgehead atoms. The van der Waals surface area contributed by atoms with E-state index in [9.17, 15) is 0 Å². The number of hydrogen-bond donors (Lipinski definition) is 0. The molecule has 0 aromatic rings. The zero-order chi connectivity index (χ0) is 7.59. The monoisotopic (exact) mass is 374 g/mol. The van der Waals surface area contributed by atoms with Crippen molar-refractivity contribution in [2.45, 2.75) is 21.2 Å². The maximum absolute atomic E-state index is 2.62. The average molecular weight is 374 g/mol. The zero-order valence-electron chi connectivity index (χ0n) is 6.34. The SMILES string of the molecule is IC(I)C1CC2CC3CC1C23. The molecular weight excluding hydrogens is 362 g/mol. The minimum Gasteiger partial charge on any atom is -0.0707 e. The van der Waals surface area contributed by atoms with Gasteiger partial charge in [-0.3, -0.25) is 0 Å². The Morgan fingerprint density at radius 2 is 1.73 bits per heavy atom. The predicted molar refractivity (Wildman–Crippen MR) is 63.1 cm³/mol. The molecule has 0 spiro atoms. The zero-order valence-corrected chi connectivity index (χ0v) is 10.7. The summed E-state index contributed by atoms with van der Waals surface area (Å²) in [6.45, 7) is 0. The number of rotatable bonds is 1. The van der Waals surface area contributed by atoms with Crippen molar-refractivity contribution in [1.82, 2.24) is 0 Å². The highest BCUT2D eigenvalue weighted by atomic mass is 127. The van der Waals surface area contributed by atoms with Crippen molar-refractivity contribution < 1.29 is 0 Å². The molecule has 0 radical (unpaired) electrons. The van der Waals surface area contributed by atoms with Crippen LogP contribution in [0, 0.1) is 29.6 Å². The van der Waals surface area contributed by atoms with Gasteiger partial charge in [0.05, 0.1) is 1.93 Å². The van der Waals surface area contributed by atoms with Crippen molar-refractivity contribution in [3.8, 4) is 0 Å². The molecule has 62 valence electrons. The van der Waals surface area contributed by atoms with Gasteiger partial charge in [-0.05, 0) is 48.9 Å². The molecule has 5 unspecified atom stereocenters. The van der Waals surface area contributed by atoms with Gasteiger partial charge >= 0.3 is 0 Å². The molecule has 0 saturated heterocycles. The summed E-state index contributed by atoms with van der Waals surface area (Å²) in [5.41, 5.74) is 0. The lowest BCUT2D eigenvalue weighted by molar-refractivity contribution is -0.0466. The molecule has 11 heavy (non-hydrogen) atoms. The van der Waals surface area contributed by atoms with Crippen LogP contribution in [0.4, 0.5) is 0 Å². The van der Waals surface area contributed by atoms with Crippen LogP contribution in [0.25, 0.3) is 0 Å². The molecule has 2 heteroatoms. The summed E-state index contributed by atoms with van der Waals surface area (Å²) in [5.74, 6) is 5.84. The normalized spacial score (nSPS) is 58.6. The third-order valence-electron chi connectivity index (χ3n) is 4.21. The van der Waals surface area contributed by atoms with Gasteiger partial charge in [0.15, 0.2) is 0 Å². The highest BCUT2D eigenvalue weighted by molar-refractivity contribution is 14.2.